The van der Waals surface area contributed by atoms with Crippen molar-refractivity contribution in [2.45, 2.75) is 20.5 Å². The van der Waals surface area contributed by atoms with Crippen LogP contribution in [0.2, 0.25) is 0 Å². The largest absolute Gasteiger partial charge is 0.456 e. The van der Waals surface area contributed by atoms with Crippen LogP contribution in [0.25, 0.3) is 0 Å². The number of aliphatic hydroxyl groups is 1. The number of nitrogens with zero attached hydrogens (tertiary/aromatic N) is 1. The summed E-state index contributed by atoms with van der Waals surface area (Å²) in [6.45, 7) is 3.65. The van der Waals surface area contributed by atoms with Crippen molar-refractivity contribution in [3.05, 3.63) is 52.8 Å². The van der Waals surface area contributed by atoms with Crippen molar-refractivity contribution in [3.63, 3.8) is 0 Å². The third kappa shape index (κ3) is 2.95. The minimum absolute atomic E-state index is 0.00749. The molecule has 5 heteroatoms. The van der Waals surface area contributed by atoms with E-state index in [1.165, 1.54) is 0 Å². The number of aliphatic hydroxyl groups excluding tert-OH is 1. The second-order valence-corrected chi connectivity index (χ2v) is 4.54. The minimum Gasteiger partial charge on any atom is -0.456 e. The smallest absolute Gasteiger partial charge is 0.141 e. The molecule has 0 aliphatic heterocycles. The Morgan fingerprint density at radius 1 is 1.30 bits per heavy atom. The number of rotatable bonds is 4. The molecule has 1 heterocycles. The van der Waals surface area contributed by atoms with Crippen LogP contribution in [0, 0.1) is 19.3 Å². The van der Waals surface area contributed by atoms with Gasteiger partial charge in [-0.25, -0.2) is 0 Å². The number of nitrogens with two attached hydrogens (primary N) is 1. The Hall–Kier alpha value is -2.40. The average Bonchev–Trinajstić information content (AvgIpc) is 2.38. The third-order valence-corrected chi connectivity index (χ3v) is 2.90. The van der Waals surface area contributed by atoms with Crippen LogP contribution >= 0.6 is 0 Å². The summed E-state index contributed by atoms with van der Waals surface area (Å²) in [4.78, 5) is 4.29. The molecule has 5 nitrogen and oxygen atoms in total. The first-order valence-corrected chi connectivity index (χ1v) is 6.21. The van der Waals surface area contributed by atoms with Gasteiger partial charge in [0.25, 0.3) is 0 Å². The Bertz CT molecular complexity index is 636. The van der Waals surface area contributed by atoms with E-state index >= 15 is 0 Å². The number of nitrogen functional groups attached to an aromatic ring is 1. The van der Waals surface area contributed by atoms with Crippen LogP contribution in [0.15, 0.2) is 30.3 Å². The minimum atomic E-state index is -0.0722. The molecular weight excluding hydrogens is 254 g/mol. The van der Waals surface area contributed by atoms with Gasteiger partial charge in [-0.15, -0.1) is 0 Å². The van der Waals surface area contributed by atoms with Gasteiger partial charge in [-0.1, -0.05) is 12.1 Å². The maximum atomic E-state index is 9.01. The number of pyridine rings is 1. The lowest BCUT2D eigenvalue weighted by molar-refractivity contribution is 0.281. The highest BCUT2D eigenvalue weighted by atomic mass is 16.5. The number of nitrogens with one attached hydrogen (secondary N) is 1. The van der Waals surface area contributed by atoms with E-state index < -0.39 is 0 Å². The van der Waals surface area contributed by atoms with Crippen molar-refractivity contribution >= 4 is 5.84 Å². The zero-order valence-electron chi connectivity index (χ0n) is 11.5. The molecule has 20 heavy (non-hydrogen) atoms. The third-order valence-electron chi connectivity index (χ3n) is 2.90. The molecule has 104 valence electrons. The molecule has 0 aliphatic rings. The number of aryl methyl sites for hydroxylation is 2. The van der Waals surface area contributed by atoms with Gasteiger partial charge in [0.2, 0.25) is 0 Å². The predicted octanol–water partition coefficient (Wildman–Crippen LogP) is 2.27. The van der Waals surface area contributed by atoms with Gasteiger partial charge in [0.1, 0.15) is 17.3 Å². The molecule has 0 radical (unpaired) electrons. The molecule has 4 N–H and O–H groups in total. The summed E-state index contributed by atoms with van der Waals surface area (Å²) in [5.41, 5.74) is 8.37. The van der Waals surface area contributed by atoms with E-state index in [-0.39, 0.29) is 12.4 Å². The summed E-state index contributed by atoms with van der Waals surface area (Å²) in [5.74, 6) is 1.06. The zero-order chi connectivity index (χ0) is 14.7. The highest BCUT2D eigenvalue weighted by molar-refractivity contribution is 5.98. The summed E-state index contributed by atoms with van der Waals surface area (Å²) in [5, 5.41) is 16.7. The van der Waals surface area contributed by atoms with Gasteiger partial charge in [0.15, 0.2) is 0 Å². The predicted molar refractivity (Wildman–Crippen MR) is 77.2 cm³/mol. The Balaban J connectivity index is 2.39. The molecule has 0 bridgehead atoms. The topological polar surface area (TPSA) is 92.2 Å². The van der Waals surface area contributed by atoms with Crippen LogP contribution in [-0.2, 0) is 6.61 Å². The Morgan fingerprint density at radius 2 is 1.95 bits per heavy atom. The molecule has 0 aliphatic carbocycles. The van der Waals surface area contributed by atoms with Gasteiger partial charge in [-0.05, 0) is 31.5 Å². The summed E-state index contributed by atoms with van der Waals surface area (Å²) < 4.78 is 5.79. The quantitative estimate of drug-likeness (QED) is 0.587. The molecule has 0 unspecified atom stereocenters. The molecule has 2 rings (SSSR count). The van der Waals surface area contributed by atoms with Crippen molar-refractivity contribution in [1.29, 1.82) is 5.41 Å². The molecule has 0 atom stereocenters. The first-order valence-electron chi connectivity index (χ1n) is 6.21. The average molecular weight is 271 g/mol. The van der Waals surface area contributed by atoms with Gasteiger partial charge >= 0.3 is 0 Å². The normalized spacial score (nSPS) is 10.3. The maximum Gasteiger partial charge on any atom is 0.141 e. The number of hydrogen-bond acceptors (Lipinski definition) is 4. The summed E-state index contributed by atoms with van der Waals surface area (Å²) in [6, 6.07) is 8.85. The van der Waals surface area contributed by atoms with Crippen molar-refractivity contribution in [2.24, 2.45) is 5.73 Å². The first kappa shape index (κ1) is 14.0. The van der Waals surface area contributed by atoms with Crippen molar-refractivity contribution in [1.82, 2.24) is 4.98 Å². The fourth-order valence-corrected chi connectivity index (χ4v) is 1.99. The second kappa shape index (κ2) is 5.71. The van der Waals surface area contributed by atoms with Gasteiger partial charge in [0.05, 0.1) is 17.9 Å². The molecule has 0 amide bonds. The van der Waals surface area contributed by atoms with E-state index in [0.29, 0.717) is 22.8 Å². The van der Waals surface area contributed by atoms with E-state index in [9.17, 15) is 0 Å². The van der Waals surface area contributed by atoms with E-state index in [0.717, 1.165) is 11.3 Å². The summed E-state index contributed by atoms with van der Waals surface area (Å²) >= 11 is 0. The number of amidine groups is 1. The highest BCUT2D eigenvalue weighted by Crippen LogP contribution is 2.27. The molecule has 2 aromatic rings. The van der Waals surface area contributed by atoms with Crippen LogP contribution in [0.1, 0.15) is 22.5 Å². The van der Waals surface area contributed by atoms with Crippen molar-refractivity contribution in [2.75, 3.05) is 0 Å². The fraction of sp³-hybridized carbons (Fsp3) is 0.200. The standard InChI is InChI=1S/C15H17N3O2/c1-9-7-13(14(15(16)17)10(2)18-9)20-12-5-3-11(8-19)4-6-12/h3-7,19H,8H2,1-2H3,(H3,16,17). The summed E-state index contributed by atoms with van der Waals surface area (Å²) in [7, 11) is 0. The molecule has 0 spiro atoms. The Labute approximate surface area is 117 Å². The van der Waals surface area contributed by atoms with Gasteiger partial charge in [0, 0.05) is 11.8 Å². The van der Waals surface area contributed by atoms with Crippen molar-refractivity contribution in [3.8, 4) is 11.5 Å². The Morgan fingerprint density at radius 3 is 2.50 bits per heavy atom. The highest BCUT2D eigenvalue weighted by Gasteiger charge is 2.13. The molecule has 1 aromatic heterocycles. The van der Waals surface area contributed by atoms with Crippen LogP contribution in [0.4, 0.5) is 0 Å². The number of hydrogen-bond donors (Lipinski definition) is 3. The lowest BCUT2D eigenvalue weighted by Crippen LogP contribution is -2.15. The number of benzene rings is 1. The molecular formula is C15H17N3O2. The summed E-state index contributed by atoms with van der Waals surface area (Å²) in [6.07, 6.45) is 0. The molecule has 0 saturated carbocycles. The molecule has 0 saturated heterocycles. The van der Waals surface area contributed by atoms with Crippen LogP contribution in [0.5, 0.6) is 11.5 Å². The van der Waals surface area contributed by atoms with E-state index in [1.54, 1.807) is 37.3 Å². The monoisotopic (exact) mass is 271 g/mol. The molecule has 0 fully saturated rings. The van der Waals surface area contributed by atoms with Gasteiger partial charge in [-0.3, -0.25) is 10.4 Å². The van der Waals surface area contributed by atoms with Crippen LogP contribution in [0.3, 0.4) is 0 Å². The fourth-order valence-electron chi connectivity index (χ4n) is 1.99. The van der Waals surface area contributed by atoms with Gasteiger partial charge < -0.3 is 15.6 Å². The Kier molecular flexibility index (Phi) is 4.00. The lowest BCUT2D eigenvalue weighted by Gasteiger charge is -2.13. The number of ether oxygens (including phenoxy) is 1. The number of aromatic nitrogens is 1. The van der Waals surface area contributed by atoms with Crippen LogP contribution < -0.4 is 10.5 Å². The molecule has 1 aromatic carbocycles. The SMILES string of the molecule is Cc1cc(Oc2ccc(CO)cc2)c(C(=N)N)c(C)n1. The van der Waals surface area contributed by atoms with Crippen molar-refractivity contribution < 1.29 is 9.84 Å². The van der Waals surface area contributed by atoms with E-state index in [4.69, 9.17) is 21.0 Å². The van der Waals surface area contributed by atoms with Gasteiger partial charge in [-0.2, -0.15) is 0 Å². The van der Waals surface area contributed by atoms with E-state index in [2.05, 4.69) is 4.98 Å². The zero-order valence-corrected chi connectivity index (χ0v) is 11.5. The second-order valence-electron chi connectivity index (χ2n) is 4.54. The van der Waals surface area contributed by atoms with Crippen LogP contribution in [-0.4, -0.2) is 15.9 Å². The van der Waals surface area contributed by atoms with E-state index in [1.807, 2.05) is 6.92 Å². The first-order chi connectivity index (χ1) is 9.51. The maximum absolute atomic E-state index is 9.01. The lowest BCUT2D eigenvalue weighted by atomic mass is 10.1.